The van der Waals surface area contributed by atoms with Gasteiger partial charge in [0.25, 0.3) is 0 Å². The first kappa shape index (κ1) is 5.10. The molecule has 0 aromatic carbocycles. The van der Waals surface area contributed by atoms with Crippen molar-refractivity contribution >= 4 is 0 Å². The van der Waals surface area contributed by atoms with Crippen LogP contribution in [0, 0.1) is 0 Å². The Morgan fingerprint density at radius 1 is 1.14 bits per heavy atom. The van der Waals surface area contributed by atoms with Gasteiger partial charge in [-0.05, 0) is 26.7 Å². The number of rotatable bonds is 0. The maximum absolute atomic E-state index is 5.36. The van der Waals surface area contributed by atoms with Crippen molar-refractivity contribution in [2.24, 2.45) is 0 Å². The lowest BCUT2D eigenvalue weighted by Crippen LogP contribution is -2.01. The molecule has 0 bridgehead atoms. The van der Waals surface area contributed by atoms with Crippen LogP contribution < -0.4 is 0 Å². The maximum Gasteiger partial charge on any atom is 0.0551 e. The highest BCUT2D eigenvalue weighted by Crippen LogP contribution is 2.17. The van der Waals surface area contributed by atoms with Gasteiger partial charge in [-0.15, -0.1) is 0 Å². The summed E-state index contributed by atoms with van der Waals surface area (Å²) in [6, 6.07) is 0. The lowest BCUT2D eigenvalue weighted by atomic mass is 10.2. The van der Waals surface area contributed by atoms with Crippen LogP contribution in [0.3, 0.4) is 0 Å². The molecule has 1 nitrogen and oxygen atoms in total. The topological polar surface area (TPSA) is 9.23 Å². The number of hydrogen-bond acceptors (Lipinski definition) is 1. The van der Waals surface area contributed by atoms with Crippen molar-refractivity contribution in [1.29, 1.82) is 0 Å². The van der Waals surface area contributed by atoms with Crippen molar-refractivity contribution in [1.82, 2.24) is 0 Å². The Kier molecular flexibility index (Phi) is 1.33. The molecule has 0 saturated carbocycles. The van der Waals surface area contributed by atoms with Crippen LogP contribution in [0.15, 0.2) is 0 Å². The monoisotopic (exact) mass is 100 g/mol. The van der Waals surface area contributed by atoms with E-state index in [-0.39, 0.29) is 0 Å². The predicted molar refractivity (Wildman–Crippen MR) is 29.2 cm³/mol. The average Bonchev–Trinajstić information content (AvgIpc) is 1.87. The van der Waals surface area contributed by atoms with E-state index in [4.69, 9.17) is 4.74 Å². The smallest absolute Gasteiger partial charge is 0.0551 e. The molecule has 0 amide bonds. The van der Waals surface area contributed by atoms with Crippen LogP contribution in [-0.2, 0) is 4.74 Å². The largest absolute Gasteiger partial charge is 0.376 e. The number of ether oxygens (including phenoxy) is 1. The zero-order valence-corrected chi connectivity index (χ0v) is 4.98. The molecule has 1 aliphatic heterocycles. The van der Waals surface area contributed by atoms with Gasteiger partial charge in [0.2, 0.25) is 0 Å². The Morgan fingerprint density at radius 2 is 1.57 bits per heavy atom. The summed E-state index contributed by atoms with van der Waals surface area (Å²) in [4.78, 5) is 0. The highest BCUT2D eigenvalue weighted by molar-refractivity contribution is 4.64. The summed E-state index contributed by atoms with van der Waals surface area (Å²) in [5.41, 5.74) is 0. The summed E-state index contributed by atoms with van der Waals surface area (Å²) in [5.74, 6) is 0. The van der Waals surface area contributed by atoms with E-state index in [1.807, 2.05) is 0 Å². The normalized spacial score (nSPS) is 42.0. The summed E-state index contributed by atoms with van der Waals surface area (Å²) in [5, 5.41) is 0. The van der Waals surface area contributed by atoms with E-state index in [0.717, 1.165) is 0 Å². The van der Waals surface area contributed by atoms with Crippen LogP contribution in [-0.4, -0.2) is 12.2 Å². The highest BCUT2D eigenvalue weighted by Gasteiger charge is 2.16. The molecular formula is C6H12O. The summed E-state index contributed by atoms with van der Waals surface area (Å²) in [6.45, 7) is 4.26. The first-order valence-electron chi connectivity index (χ1n) is 2.94. The second-order valence-electron chi connectivity index (χ2n) is 2.33. The molecular weight excluding hydrogens is 88.1 g/mol. The third-order valence-corrected chi connectivity index (χ3v) is 1.44. The van der Waals surface area contributed by atoms with Gasteiger partial charge in [-0.25, -0.2) is 0 Å². The summed E-state index contributed by atoms with van der Waals surface area (Å²) < 4.78 is 5.36. The Labute approximate surface area is 44.7 Å². The minimum absolute atomic E-state index is 0.523. The van der Waals surface area contributed by atoms with Gasteiger partial charge in [-0.3, -0.25) is 0 Å². The van der Waals surface area contributed by atoms with E-state index in [9.17, 15) is 0 Å². The van der Waals surface area contributed by atoms with Gasteiger partial charge < -0.3 is 4.74 Å². The summed E-state index contributed by atoms with van der Waals surface area (Å²) >= 11 is 0. The Bertz CT molecular complexity index is 53.2. The fourth-order valence-electron chi connectivity index (χ4n) is 1.00. The molecule has 0 radical (unpaired) electrons. The Hall–Kier alpha value is -0.0400. The van der Waals surface area contributed by atoms with Crippen molar-refractivity contribution in [3.8, 4) is 0 Å². The molecule has 0 aliphatic carbocycles. The van der Waals surface area contributed by atoms with E-state index >= 15 is 0 Å². The van der Waals surface area contributed by atoms with Crippen LogP contribution in [0.1, 0.15) is 26.7 Å². The molecule has 2 atom stereocenters. The lowest BCUT2D eigenvalue weighted by molar-refractivity contribution is 0.0673. The van der Waals surface area contributed by atoms with Crippen molar-refractivity contribution in [2.45, 2.75) is 38.9 Å². The highest BCUT2D eigenvalue weighted by atomic mass is 16.5. The zero-order chi connectivity index (χ0) is 5.28. The molecule has 7 heavy (non-hydrogen) atoms. The van der Waals surface area contributed by atoms with Crippen LogP contribution in [0.2, 0.25) is 0 Å². The molecule has 0 aromatic heterocycles. The molecule has 42 valence electrons. The van der Waals surface area contributed by atoms with E-state index in [1.165, 1.54) is 12.8 Å². The first-order chi connectivity index (χ1) is 3.29. The van der Waals surface area contributed by atoms with Crippen LogP contribution in [0.5, 0.6) is 0 Å². The van der Waals surface area contributed by atoms with E-state index in [0.29, 0.717) is 12.2 Å². The molecule has 1 saturated heterocycles. The molecule has 0 N–H and O–H groups in total. The third-order valence-electron chi connectivity index (χ3n) is 1.44. The van der Waals surface area contributed by atoms with Gasteiger partial charge >= 0.3 is 0 Å². The zero-order valence-electron chi connectivity index (χ0n) is 4.98. The van der Waals surface area contributed by atoms with Crippen molar-refractivity contribution in [3.05, 3.63) is 0 Å². The molecule has 0 aromatic rings. The van der Waals surface area contributed by atoms with Gasteiger partial charge in [-0.2, -0.15) is 0 Å². The summed E-state index contributed by atoms with van der Waals surface area (Å²) in [6.07, 6.45) is 3.55. The lowest BCUT2D eigenvalue weighted by Gasteiger charge is -2.01. The molecule has 1 heteroatoms. The molecule has 1 fully saturated rings. The Morgan fingerprint density at radius 3 is 1.71 bits per heavy atom. The van der Waals surface area contributed by atoms with E-state index in [1.54, 1.807) is 0 Å². The first-order valence-corrected chi connectivity index (χ1v) is 2.94. The maximum atomic E-state index is 5.36. The minimum Gasteiger partial charge on any atom is -0.376 e. The number of hydrogen-bond donors (Lipinski definition) is 0. The molecule has 1 rings (SSSR count). The van der Waals surface area contributed by atoms with Gasteiger partial charge in [0.05, 0.1) is 12.2 Å². The van der Waals surface area contributed by atoms with E-state index < -0.39 is 0 Å². The van der Waals surface area contributed by atoms with Crippen LogP contribution >= 0.6 is 0 Å². The van der Waals surface area contributed by atoms with Crippen LogP contribution in [0.4, 0.5) is 0 Å². The quantitative estimate of drug-likeness (QED) is 0.449. The fraction of sp³-hybridized carbons (Fsp3) is 1.00. The average molecular weight is 100 g/mol. The van der Waals surface area contributed by atoms with Crippen LogP contribution in [0.25, 0.3) is 0 Å². The van der Waals surface area contributed by atoms with Crippen molar-refractivity contribution in [3.63, 3.8) is 0 Å². The third kappa shape index (κ3) is 1.16. The van der Waals surface area contributed by atoms with Gasteiger partial charge in [0, 0.05) is 0 Å². The predicted octanol–water partition coefficient (Wildman–Crippen LogP) is 1.57. The molecule has 1 aliphatic rings. The fourth-order valence-corrected chi connectivity index (χ4v) is 1.00. The SMILES string of the molecule is CC1CCC(C)O1. The molecule has 0 spiro atoms. The van der Waals surface area contributed by atoms with Gasteiger partial charge in [0.1, 0.15) is 0 Å². The summed E-state index contributed by atoms with van der Waals surface area (Å²) in [7, 11) is 0. The van der Waals surface area contributed by atoms with Crippen molar-refractivity contribution < 1.29 is 4.74 Å². The minimum atomic E-state index is 0.523. The molecule has 2 unspecified atom stereocenters. The standard InChI is InChI=1S/C6H12O/c1-5-3-4-6(2)7-5/h5-6H,3-4H2,1-2H3. The van der Waals surface area contributed by atoms with E-state index in [2.05, 4.69) is 13.8 Å². The second-order valence-corrected chi connectivity index (χ2v) is 2.33. The van der Waals surface area contributed by atoms with Crippen molar-refractivity contribution in [2.75, 3.05) is 0 Å². The Balaban J connectivity index is 2.26. The van der Waals surface area contributed by atoms with Gasteiger partial charge in [-0.1, -0.05) is 0 Å². The molecule has 1 heterocycles. The van der Waals surface area contributed by atoms with Gasteiger partial charge in [0.15, 0.2) is 0 Å². The second kappa shape index (κ2) is 1.83.